The number of halogens is 5. The molecule has 0 aromatic heterocycles. The van der Waals surface area contributed by atoms with Crippen molar-refractivity contribution in [3.05, 3.63) is 0 Å². The van der Waals surface area contributed by atoms with Gasteiger partial charge in [0.05, 0.1) is 5.41 Å². The van der Waals surface area contributed by atoms with Crippen LogP contribution in [0.5, 0.6) is 0 Å². The largest absolute Gasteiger partial charge is 0.458 e. The average molecular weight is 791 g/mol. The predicted octanol–water partition coefficient (Wildman–Crippen LogP) is 3.96. The van der Waals surface area contributed by atoms with E-state index in [0.717, 1.165) is 0 Å². The molecule has 0 amide bonds. The third-order valence-electron chi connectivity index (χ3n) is 7.37. The number of rotatable bonds is 10. The van der Waals surface area contributed by atoms with Crippen LogP contribution < -0.4 is 0 Å². The molecule has 0 radical (unpaired) electrons. The Kier molecular flexibility index (Phi) is 9.22. The normalized spacial score (nSPS) is 34.2. The molecule has 0 aliphatic heterocycles. The zero-order valence-electron chi connectivity index (χ0n) is 21.9. The molecular weight excluding hydrogens is 762 g/mol. The number of hydrogen-bond acceptors (Lipinski definition) is 10. The summed E-state index contributed by atoms with van der Waals surface area (Å²) in [5.41, 5.74) is -6.45. The van der Waals surface area contributed by atoms with Crippen LogP contribution in [0.25, 0.3) is 0 Å². The SMILES string of the molecule is CC(Br)C(=O)OC12CC3(OC(=O)C(C)Br)CC(OC(=O)C(C)Br)(C1)CC(C(=O)OC(C)C(F)(F)S(=O)(=O)O)(C2)C3. The number of carbonyl (C=O) groups is 4. The van der Waals surface area contributed by atoms with Crippen molar-refractivity contribution in [3.8, 4) is 0 Å². The van der Waals surface area contributed by atoms with E-state index in [9.17, 15) is 36.4 Å². The maximum Gasteiger partial charge on any atom is 0.405 e. The van der Waals surface area contributed by atoms with Crippen LogP contribution in [0, 0.1) is 5.41 Å². The van der Waals surface area contributed by atoms with Gasteiger partial charge < -0.3 is 18.9 Å². The standard InChI is InChI=1S/C23H29Br3F2O11S/c1-11(24)15(29)37-20-5-19(18(32)36-14(4)23(27,28)40(33,34)35)6-21(8-20,38-16(30)12(2)25)10-22(7-19,9-20)39-17(31)13(3)26/h11-14H,5-10H2,1-4H3,(H,33,34,35). The second-order valence-electron chi connectivity index (χ2n) is 11.1. The minimum absolute atomic E-state index is 0.0775. The Labute approximate surface area is 254 Å². The van der Waals surface area contributed by atoms with Gasteiger partial charge in [-0.05, 0) is 27.7 Å². The van der Waals surface area contributed by atoms with Gasteiger partial charge in [-0.2, -0.15) is 17.2 Å². The first-order valence-electron chi connectivity index (χ1n) is 12.2. The second-order valence-corrected chi connectivity index (χ2v) is 16.7. The lowest BCUT2D eigenvalue weighted by atomic mass is 9.44. The van der Waals surface area contributed by atoms with E-state index in [2.05, 4.69) is 47.8 Å². The predicted molar refractivity (Wildman–Crippen MR) is 144 cm³/mol. The van der Waals surface area contributed by atoms with E-state index >= 15 is 0 Å². The molecule has 0 aromatic carbocycles. The van der Waals surface area contributed by atoms with E-state index in [1.165, 1.54) is 20.8 Å². The van der Waals surface area contributed by atoms with Crippen molar-refractivity contribution in [3.63, 3.8) is 0 Å². The van der Waals surface area contributed by atoms with Crippen LogP contribution in [0.2, 0.25) is 0 Å². The van der Waals surface area contributed by atoms with Crippen LogP contribution in [0.3, 0.4) is 0 Å². The fourth-order valence-corrected chi connectivity index (χ4v) is 7.10. The number of hydrogen-bond donors (Lipinski definition) is 1. The van der Waals surface area contributed by atoms with Crippen molar-refractivity contribution in [2.75, 3.05) is 0 Å². The number of alkyl halides is 5. The minimum atomic E-state index is -5.95. The maximum absolute atomic E-state index is 14.3. The molecule has 11 nitrogen and oxygen atoms in total. The fraction of sp³-hybridized carbons (Fsp3) is 0.826. The molecule has 4 fully saturated rings. The monoisotopic (exact) mass is 788 g/mol. The van der Waals surface area contributed by atoms with Gasteiger partial charge in [-0.25, -0.2) is 0 Å². The Bertz CT molecular complexity index is 1090. The molecule has 1 N–H and O–H groups in total. The number of ether oxygens (including phenoxy) is 4. The van der Waals surface area contributed by atoms with Gasteiger partial charge in [-0.1, -0.05) is 47.8 Å². The molecule has 4 rings (SSSR count). The van der Waals surface area contributed by atoms with Crippen molar-refractivity contribution >= 4 is 81.8 Å². The Morgan fingerprint density at radius 1 is 0.725 bits per heavy atom. The second kappa shape index (κ2) is 11.0. The number of esters is 4. The minimum Gasteiger partial charge on any atom is -0.458 e. The van der Waals surface area contributed by atoms with E-state index in [0.29, 0.717) is 6.92 Å². The van der Waals surface area contributed by atoms with Crippen LogP contribution in [0.1, 0.15) is 66.2 Å². The van der Waals surface area contributed by atoms with Gasteiger partial charge in [-0.3, -0.25) is 23.7 Å². The highest BCUT2D eigenvalue weighted by atomic mass is 79.9. The van der Waals surface area contributed by atoms with Gasteiger partial charge in [0.2, 0.25) is 0 Å². The van der Waals surface area contributed by atoms with Crippen molar-refractivity contribution < 1.29 is 59.9 Å². The fourth-order valence-electron chi connectivity index (χ4n) is 6.35. The first-order chi connectivity index (χ1) is 18.0. The van der Waals surface area contributed by atoms with Crippen LogP contribution >= 0.6 is 47.8 Å². The topological polar surface area (TPSA) is 160 Å². The molecule has 17 heteroatoms. The highest BCUT2D eigenvalue weighted by Crippen LogP contribution is 2.68. The van der Waals surface area contributed by atoms with Crippen molar-refractivity contribution in [1.29, 1.82) is 0 Å². The highest BCUT2D eigenvalue weighted by Gasteiger charge is 2.75. The summed E-state index contributed by atoms with van der Waals surface area (Å²) < 4.78 is 82.7. The van der Waals surface area contributed by atoms with Crippen LogP contribution in [0.15, 0.2) is 0 Å². The van der Waals surface area contributed by atoms with Gasteiger partial charge in [0, 0.05) is 38.5 Å². The van der Waals surface area contributed by atoms with Crippen molar-refractivity contribution in [1.82, 2.24) is 0 Å². The summed E-state index contributed by atoms with van der Waals surface area (Å²) >= 11 is 9.38. The average Bonchev–Trinajstić information content (AvgIpc) is 2.75. The summed E-state index contributed by atoms with van der Waals surface area (Å²) in [5, 5.41) is -4.84. The van der Waals surface area contributed by atoms with E-state index in [1.807, 2.05) is 0 Å². The van der Waals surface area contributed by atoms with Gasteiger partial charge in [-0.15, -0.1) is 0 Å². The lowest BCUT2D eigenvalue weighted by Crippen LogP contribution is -2.74. The molecule has 4 aliphatic carbocycles. The van der Waals surface area contributed by atoms with Crippen LogP contribution in [-0.2, 0) is 48.2 Å². The van der Waals surface area contributed by atoms with Crippen LogP contribution in [-0.4, -0.2) is 79.5 Å². The Morgan fingerprint density at radius 3 is 1.27 bits per heavy atom. The molecule has 4 aliphatic rings. The van der Waals surface area contributed by atoms with Crippen molar-refractivity contribution in [2.45, 2.75) is 109 Å². The highest BCUT2D eigenvalue weighted by molar-refractivity contribution is 9.10. The van der Waals surface area contributed by atoms with E-state index in [1.54, 1.807) is 0 Å². The quantitative estimate of drug-likeness (QED) is 0.148. The Morgan fingerprint density at radius 2 is 1.02 bits per heavy atom. The van der Waals surface area contributed by atoms with E-state index in [-0.39, 0.29) is 38.5 Å². The molecule has 0 aromatic rings. The summed E-state index contributed by atoms with van der Waals surface area (Å²) in [6.07, 6.45) is -3.64. The molecule has 4 saturated carbocycles. The lowest BCUT2D eigenvalue weighted by molar-refractivity contribution is -0.293. The molecule has 4 unspecified atom stereocenters. The molecule has 0 spiro atoms. The first-order valence-corrected chi connectivity index (χ1v) is 16.4. The summed E-state index contributed by atoms with van der Waals surface area (Å²) in [6, 6.07) is 0. The summed E-state index contributed by atoms with van der Waals surface area (Å²) in [5.74, 6) is -3.51. The molecule has 4 bridgehead atoms. The maximum atomic E-state index is 14.3. The zero-order chi connectivity index (χ0) is 30.7. The number of carbonyl (C=O) groups excluding carboxylic acids is 4. The van der Waals surface area contributed by atoms with Crippen molar-refractivity contribution in [2.24, 2.45) is 5.41 Å². The van der Waals surface area contributed by atoms with Gasteiger partial charge in [0.15, 0.2) is 6.10 Å². The van der Waals surface area contributed by atoms with Gasteiger partial charge >= 0.3 is 39.2 Å². The summed E-state index contributed by atoms with van der Waals surface area (Å²) in [6.45, 7) is 5.09. The summed E-state index contributed by atoms with van der Waals surface area (Å²) in [4.78, 5) is 49.7. The molecule has 40 heavy (non-hydrogen) atoms. The lowest BCUT2D eigenvalue weighted by Gasteiger charge is -2.66. The zero-order valence-corrected chi connectivity index (χ0v) is 27.5. The third-order valence-corrected chi connectivity index (χ3v) is 9.52. The molecule has 228 valence electrons. The third kappa shape index (κ3) is 6.37. The summed E-state index contributed by atoms with van der Waals surface area (Å²) in [7, 11) is -5.95. The first kappa shape index (κ1) is 33.6. The Hall–Kier alpha value is -0.910. The molecular formula is C23H29Br3F2O11S. The van der Waals surface area contributed by atoms with Gasteiger partial charge in [0.1, 0.15) is 31.3 Å². The van der Waals surface area contributed by atoms with E-state index < -0.39 is 82.1 Å². The van der Waals surface area contributed by atoms with Crippen LogP contribution in [0.4, 0.5) is 8.78 Å². The van der Waals surface area contributed by atoms with Gasteiger partial charge in [0.25, 0.3) is 0 Å². The Balaban J connectivity index is 2.15. The van der Waals surface area contributed by atoms with E-state index in [4.69, 9.17) is 23.5 Å². The molecule has 0 heterocycles. The molecule has 0 saturated heterocycles. The molecule has 4 atom stereocenters. The smallest absolute Gasteiger partial charge is 0.405 e.